The Kier molecular flexibility index (Phi) is 5.11. The molecule has 0 heterocycles. The topological polar surface area (TPSA) is 64.3 Å². The maximum Gasteiger partial charge on any atom is 0.262 e. The first-order valence-electron chi connectivity index (χ1n) is 6.52. The molecule has 110 valence electrons. The zero-order valence-electron chi connectivity index (χ0n) is 12.1. The van der Waals surface area contributed by atoms with Gasteiger partial charge in [-0.25, -0.2) is 0 Å². The molecule has 0 aliphatic heterocycles. The molecule has 2 aromatic rings. The van der Waals surface area contributed by atoms with Crippen LogP contribution in [0.5, 0.6) is 5.75 Å². The highest BCUT2D eigenvalue weighted by atomic mass is 32.2. The van der Waals surface area contributed by atoms with Crippen LogP contribution < -0.4 is 15.8 Å². The van der Waals surface area contributed by atoms with Crippen molar-refractivity contribution >= 4 is 29.0 Å². The van der Waals surface area contributed by atoms with Gasteiger partial charge >= 0.3 is 0 Å². The van der Waals surface area contributed by atoms with E-state index in [1.807, 2.05) is 43.5 Å². The highest BCUT2D eigenvalue weighted by molar-refractivity contribution is 7.98. The van der Waals surface area contributed by atoms with Crippen LogP contribution in [0.25, 0.3) is 0 Å². The van der Waals surface area contributed by atoms with Crippen LogP contribution in [-0.2, 0) is 4.79 Å². The fourth-order valence-electron chi connectivity index (χ4n) is 1.80. The highest BCUT2D eigenvalue weighted by Gasteiger charge is 2.07. The Labute approximate surface area is 128 Å². The predicted molar refractivity (Wildman–Crippen MR) is 87.9 cm³/mol. The van der Waals surface area contributed by atoms with Gasteiger partial charge in [0, 0.05) is 16.3 Å². The monoisotopic (exact) mass is 302 g/mol. The molecule has 0 aliphatic carbocycles. The Morgan fingerprint density at radius 3 is 2.62 bits per heavy atom. The van der Waals surface area contributed by atoms with Crippen LogP contribution in [-0.4, -0.2) is 18.8 Å². The van der Waals surface area contributed by atoms with E-state index in [0.29, 0.717) is 17.1 Å². The number of hydrogen-bond donors (Lipinski definition) is 2. The fraction of sp³-hybridized carbons (Fsp3) is 0.188. The van der Waals surface area contributed by atoms with E-state index in [0.717, 1.165) is 10.5 Å². The molecule has 0 aromatic heterocycles. The third-order valence-electron chi connectivity index (χ3n) is 3.08. The summed E-state index contributed by atoms with van der Waals surface area (Å²) in [6, 6.07) is 13.0. The Hall–Kier alpha value is -2.14. The van der Waals surface area contributed by atoms with Gasteiger partial charge in [-0.05, 0) is 55.1 Å². The number of nitrogens with one attached hydrogen (secondary N) is 1. The van der Waals surface area contributed by atoms with Crippen molar-refractivity contribution in [1.82, 2.24) is 0 Å². The van der Waals surface area contributed by atoms with Crippen molar-refractivity contribution in [2.24, 2.45) is 0 Å². The number of thioether (sulfide) groups is 1. The lowest BCUT2D eigenvalue weighted by Gasteiger charge is -2.11. The van der Waals surface area contributed by atoms with E-state index in [1.54, 1.807) is 23.9 Å². The number of benzene rings is 2. The lowest BCUT2D eigenvalue weighted by Crippen LogP contribution is -2.20. The third kappa shape index (κ3) is 4.16. The van der Waals surface area contributed by atoms with Gasteiger partial charge in [0.1, 0.15) is 5.75 Å². The summed E-state index contributed by atoms with van der Waals surface area (Å²) < 4.78 is 5.46. The van der Waals surface area contributed by atoms with E-state index in [1.165, 1.54) is 0 Å². The Bertz CT molecular complexity index is 627. The van der Waals surface area contributed by atoms with Gasteiger partial charge in [-0.1, -0.05) is 6.07 Å². The summed E-state index contributed by atoms with van der Waals surface area (Å²) in [7, 11) is 0. The normalized spacial score (nSPS) is 10.2. The van der Waals surface area contributed by atoms with Crippen LogP contribution in [0.2, 0.25) is 0 Å². The van der Waals surface area contributed by atoms with Crippen LogP contribution >= 0.6 is 11.8 Å². The van der Waals surface area contributed by atoms with Gasteiger partial charge in [-0.3, -0.25) is 4.79 Å². The minimum atomic E-state index is -0.211. The summed E-state index contributed by atoms with van der Waals surface area (Å²) >= 11 is 1.66. The number of carbonyl (C=O) groups excluding carboxylic acids is 1. The van der Waals surface area contributed by atoms with Crippen molar-refractivity contribution in [3.05, 3.63) is 48.0 Å². The van der Waals surface area contributed by atoms with Gasteiger partial charge in [0.05, 0.1) is 0 Å². The van der Waals surface area contributed by atoms with Crippen molar-refractivity contribution in [3.8, 4) is 5.75 Å². The summed E-state index contributed by atoms with van der Waals surface area (Å²) in [4.78, 5) is 13.0. The van der Waals surface area contributed by atoms with E-state index >= 15 is 0 Å². The zero-order valence-corrected chi connectivity index (χ0v) is 12.9. The molecular formula is C16H18N2O2S. The molecule has 2 aromatic carbocycles. The maximum absolute atomic E-state index is 11.9. The lowest BCUT2D eigenvalue weighted by molar-refractivity contribution is -0.118. The summed E-state index contributed by atoms with van der Waals surface area (Å²) in [6.07, 6.45) is 2.01. The van der Waals surface area contributed by atoms with E-state index in [-0.39, 0.29) is 12.5 Å². The van der Waals surface area contributed by atoms with Crippen LogP contribution in [0, 0.1) is 6.92 Å². The predicted octanol–water partition coefficient (Wildman–Crippen LogP) is 3.32. The molecule has 0 aliphatic rings. The van der Waals surface area contributed by atoms with Crippen LogP contribution in [0.4, 0.5) is 11.4 Å². The molecule has 0 radical (unpaired) electrons. The second kappa shape index (κ2) is 7.04. The first-order valence-corrected chi connectivity index (χ1v) is 7.74. The summed E-state index contributed by atoms with van der Waals surface area (Å²) in [5.74, 6) is 0.463. The van der Waals surface area contributed by atoms with Crippen LogP contribution in [0.15, 0.2) is 47.4 Å². The summed E-state index contributed by atoms with van der Waals surface area (Å²) in [5, 5.41) is 2.80. The molecular weight excluding hydrogens is 284 g/mol. The van der Waals surface area contributed by atoms with Crippen molar-refractivity contribution < 1.29 is 9.53 Å². The number of nitrogen functional groups attached to an aromatic ring is 1. The molecule has 5 heteroatoms. The average molecular weight is 302 g/mol. The molecule has 0 bridgehead atoms. The van der Waals surface area contributed by atoms with Gasteiger partial charge in [0.15, 0.2) is 6.61 Å². The van der Waals surface area contributed by atoms with Crippen molar-refractivity contribution in [2.75, 3.05) is 23.9 Å². The van der Waals surface area contributed by atoms with Crippen LogP contribution in [0.1, 0.15) is 5.56 Å². The number of hydrogen-bond acceptors (Lipinski definition) is 4. The molecule has 0 spiro atoms. The van der Waals surface area contributed by atoms with Crippen LogP contribution in [0.3, 0.4) is 0 Å². The smallest absolute Gasteiger partial charge is 0.262 e. The first-order chi connectivity index (χ1) is 10.1. The standard InChI is InChI=1S/C16H18N2O2S/c1-11-14(17)4-3-5-15(11)18-16(19)10-20-12-6-8-13(21-2)9-7-12/h3-9H,10,17H2,1-2H3,(H,18,19). The maximum atomic E-state index is 11.9. The minimum absolute atomic E-state index is 0.0349. The average Bonchev–Trinajstić information content (AvgIpc) is 2.50. The molecule has 21 heavy (non-hydrogen) atoms. The van der Waals surface area contributed by atoms with Gasteiger partial charge in [0.25, 0.3) is 5.91 Å². The Morgan fingerprint density at radius 1 is 1.24 bits per heavy atom. The Balaban J connectivity index is 1.91. The molecule has 0 saturated heterocycles. The second-order valence-electron chi connectivity index (χ2n) is 4.53. The second-order valence-corrected chi connectivity index (χ2v) is 5.41. The van der Waals surface area contributed by atoms with Gasteiger partial charge in [0.2, 0.25) is 0 Å². The lowest BCUT2D eigenvalue weighted by atomic mass is 10.1. The van der Waals surface area contributed by atoms with E-state index in [4.69, 9.17) is 10.5 Å². The molecule has 4 nitrogen and oxygen atoms in total. The summed E-state index contributed by atoms with van der Waals surface area (Å²) in [6.45, 7) is 1.83. The molecule has 2 rings (SSSR count). The van der Waals surface area contributed by atoms with E-state index in [9.17, 15) is 4.79 Å². The molecule has 0 atom stereocenters. The van der Waals surface area contributed by atoms with E-state index < -0.39 is 0 Å². The minimum Gasteiger partial charge on any atom is -0.484 e. The number of anilines is 2. The fourth-order valence-corrected chi connectivity index (χ4v) is 2.20. The number of nitrogens with two attached hydrogens (primary N) is 1. The molecule has 0 unspecified atom stereocenters. The number of carbonyl (C=O) groups is 1. The highest BCUT2D eigenvalue weighted by Crippen LogP contribution is 2.21. The van der Waals surface area contributed by atoms with Crippen molar-refractivity contribution in [3.63, 3.8) is 0 Å². The van der Waals surface area contributed by atoms with Crippen molar-refractivity contribution in [1.29, 1.82) is 0 Å². The van der Waals surface area contributed by atoms with E-state index in [2.05, 4.69) is 5.32 Å². The molecule has 3 N–H and O–H groups in total. The zero-order chi connectivity index (χ0) is 15.2. The molecule has 0 fully saturated rings. The quantitative estimate of drug-likeness (QED) is 0.657. The van der Waals surface area contributed by atoms with Gasteiger partial charge < -0.3 is 15.8 Å². The molecule has 0 saturated carbocycles. The Morgan fingerprint density at radius 2 is 1.95 bits per heavy atom. The third-order valence-corrected chi connectivity index (χ3v) is 3.82. The number of rotatable bonds is 5. The van der Waals surface area contributed by atoms with Gasteiger partial charge in [-0.15, -0.1) is 11.8 Å². The number of amides is 1. The largest absolute Gasteiger partial charge is 0.484 e. The first kappa shape index (κ1) is 15.3. The number of ether oxygens (including phenoxy) is 1. The molecule has 1 amide bonds. The van der Waals surface area contributed by atoms with Crippen molar-refractivity contribution in [2.45, 2.75) is 11.8 Å². The van der Waals surface area contributed by atoms with Gasteiger partial charge in [-0.2, -0.15) is 0 Å². The summed E-state index contributed by atoms with van der Waals surface area (Å²) in [5.41, 5.74) is 8.02. The SMILES string of the molecule is CSc1ccc(OCC(=O)Nc2cccc(N)c2C)cc1.